The maximum absolute atomic E-state index is 12.6. The van der Waals surface area contributed by atoms with E-state index in [0.29, 0.717) is 11.3 Å². The van der Waals surface area contributed by atoms with Crippen molar-refractivity contribution in [3.05, 3.63) is 58.3 Å². The van der Waals surface area contributed by atoms with E-state index in [2.05, 4.69) is 10.6 Å². The van der Waals surface area contributed by atoms with Crippen molar-refractivity contribution in [2.24, 2.45) is 11.8 Å². The quantitative estimate of drug-likeness (QED) is 0.615. The highest BCUT2D eigenvalue weighted by Gasteiger charge is 2.27. The van der Waals surface area contributed by atoms with Crippen LogP contribution in [0.25, 0.3) is 0 Å². The molecule has 0 saturated heterocycles. The molecule has 1 aromatic heterocycles. The molecule has 2 amide bonds. The van der Waals surface area contributed by atoms with E-state index in [0.717, 1.165) is 5.56 Å². The number of amides is 2. The van der Waals surface area contributed by atoms with Crippen molar-refractivity contribution < 1.29 is 19.5 Å². The summed E-state index contributed by atoms with van der Waals surface area (Å²) in [6.45, 7) is 3.66. The van der Waals surface area contributed by atoms with E-state index >= 15 is 0 Å². The molecule has 0 spiro atoms. The zero-order valence-electron chi connectivity index (χ0n) is 15.3. The lowest BCUT2D eigenvalue weighted by atomic mass is 9.98. The molecule has 2 unspecified atom stereocenters. The van der Waals surface area contributed by atoms with Crippen molar-refractivity contribution in [2.45, 2.75) is 26.3 Å². The van der Waals surface area contributed by atoms with E-state index in [1.807, 2.05) is 44.2 Å². The van der Waals surface area contributed by atoms with Gasteiger partial charge in [0, 0.05) is 6.54 Å². The van der Waals surface area contributed by atoms with Gasteiger partial charge < -0.3 is 15.7 Å². The van der Waals surface area contributed by atoms with Gasteiger partial charge in [-0.15, -0.1) is 11.3 Å². The Morgan fingerprint density at radius 3 is 2.33 bits per heavy atom. The Morgan fingerprint density at radius 2 is 1.78 bits per heavy atom. The van der Waals surface area contributed by atoms with Gasteiger partial charge in [0.2, 0.25) is 5.91 Å². The van der Waals surface area contributed by atoms with Crippen LogP contribution in [0, 0.1) is 11.8 Å². The fourth-order valence-corrected chi connectivity index (χ4v) is 3.26. The van der Waals surface area contributed by atoms with E-state index in [9.17, 15) is 19.5 Å². The van der Waals surface area contributed by atoms with Crippen LogP contribution in [-0.2, 0) is 16.0 Å². The molecule has 1 heterocycles. The first-order chi connectivity index (χ1) is 12.9. The Morgan fingerprint density at radius 1 is 1.07 bits per heavy atom. The van der Waals surface area contributed by atoms with Crippen molar-refractivity contribution in [3.63, 3.8) is 0 Å². The van der Waals surface area contributed by atoms with Gasteiger partial charge in [-0.2, -0.15) is 0 Å². The minimum atomic E-state index is -0.970. The lowest BCUT2D eigenvalue weighted by Crippen LogP contribution is -2.50. The molecule has 0 fully saturated rings. The number of carbonyl (C=O) groups is 3. The third-order valence-electron chi connectivity index (χ3n) is 4.18. The molecule has 3 N–H and O–H groups in total. The Kier molecular flexibility index (Phi) is 7.55. The highest BCUT2D eigenvalue weighted by Crippen LogP contribution is 2.11. The number of hydrogen-bond donors (Lipinski definition) is 3. The van der Waals surface area contributed by atoms with Gasteiger partial charge in [0.05, 0.1) is 10.8 Å². The molecule has 0 aliphatic rings. The van der Waals surface area contributed by atoms with Gasteiger partial charge in [0.1, 0.15) is 6.04 Å². The minimum absolute atomic E-state index is 0.00114. The molecule has 6 nitrogen and oxygen atoms in total. The zero-order chi connectivity index (χ0) is 19.8. The maximum atomic E-state index is 12.6. The molecule has 7 heteroatoms. The molecule has 0 saturated carbocycles. The molecular weight excluding hydrogens is 364 g/mol. The molecule has 0 radical (unpaired) electrons. The second-order valence-corrected chi connectivity index (χ2v) is 7.59. The van der Waals surface area contributed by atoms with E-state index in [1.54, 1.807) is 17.5 Å². The minimum Gasteiger partial charge on any atom is -0.481 e. The largest absolute Gasteiger partial charge is 0.481 e. The van der Waals surface area contributed by atoms with Crippen molar-refractivity contribution in [1.82, 2.24) is 10.6 Å². The second kappa shape index (κ2) is 9.87. The fraction of sp³-hybridized carbons (Fsp3) is 0.350. The molecule has 2 aromatic rings. The number of aliphatic carboxylic acids is 1. The van der Waals surface area contributed by atoms with E-state index < -0.39 is 17.9 Å². The number of benzene rings is 1. The Hall–Kier alpha value is -2.67. The molecular formula is C20H24N2O4S. The van der Waals surface area contributed by atoms with Crippen LogP contribution < -0.4 is 10.6 Å². The summed E-state index contributed by atoms with van der Waals surface area (Å²) in [4.78, 5) is 36.9. The summed E-state index contributed by atoms with van der Waals surface area (Å²) in [5, 5.41) is 16.7. The van der Waals surface area contributed by atoms with Crippen molar-refractivity contribution in [1.29, 1.82) is 0 Å². The van der Waals surface area contributed by atoms with Crippen molar-refractivity contribution in [2.75, 3.05) is 6.54 Å². The van der Waals surface area contributed by atoms with Crippen LogP contribution in [-0.4, -0.2) is 35.5 Å². The van der Waals surface area contributed by atoms with Crippen LogP contribution in [0.1, 0.15) is 29.1 Å². The van der Waals surface area contributed by atoms with Crippen LogP contribution in [0.15, 0.2) is 47.8 Å². The SMILES string of the molecule is CC(C)C(NC(=O)c1cccs1)C(=O)NCC(Cc1ccccc1)C(=O)O. The summed E-state index contributed by atoms with van der Waals surface area (Å²) in [6.07, 6.45) is 0.324. The standard InChI is InChI=1S/C20H24N2O4S/c1-13(2)17(22-18(23)16-9-6-10-27-16)19(24)21-12-15(20(25)26)11-14-7-4-3-5-8-14/h3-10,13,15,17H,11-12H2,1-2H3,(H,21,24)(H,22,23)(H,25,26). The number of carboxylic acid groups (broad SMARTS) is 1. The normalized spacial score (nSPS) is 13.0. The number of rotatable bonds is 9. The summed E-state index contributed by atoms with van der Waals surface area (Å²) in [7, 11) is 0. The molecule has 27 heavy (non-hydrogen) atoms. The third kappa shape index (κ3) is 6.21. The van der Waals surface area contributed by atoms with Gasteiger partial charge in [-0.3, -0.25) is 14.4 Å². The van der Waals surface area contributed by atoms with Gasteiger partial charge in [-0.25, -0.2) is 0 Å². The zero-order valence-corrected chi connectivity index (χ0v) is 16.2. The first-order valence-electron chi connectivity index (χ1n) is 8.77. The van der Waals surface area contributed by atoms with Gasteiger partial charge in [-0.05, 0) is 29.3 Å². The summed E-state index contributed by atoms with van der Waals surface area (Å²) < 4.78 is 0. The molecule has 2 rings (SSSR count). The van der Waals surface area contributed by atoms with Crippen LogP contribution >= 0.6 is 11.3 Å². The second-order valence-electron chi connectivity index (χ2n) is 6.64. The molecule has 0 bridgehead atoms. The average molecular weight is 388 g/mol. The molecule has 1 aromatic carbocycles. The summed E-state index contributed by atoms with van der Waals surface area (Å²) >= 11 is 1.30. The van der Waals surface area contributed by atoms with Gasteiger partial charge >= 0.3 is 5.97 Å². The number of carboxylic acids is 1. The van der Waals surface area contributed by atoms with Gasteiger partial charge in [0.15, 0.2) is 0 Å². The summed E-state index contributed by atoms with van der Waals surface area (Å²) in [5.74, 6) is -2.53. The smallest absolute Gasteiger partial charge is 0.308 e. The monoisotopic (exact) mass is 388 g/mol. The first kappa shape index (κ1) is 20.6. The third-order valence-corrected chi connectivity index (χ3v) is 5.05. The lowest BCUT2D eigenvalue weighted by molar-refractivity contribution is -0.141. The predicted octanol–water partition coefficient (Wildman–Crippen LogP) is 2.56. The van der Waals surface area contributed by atoms with E-state index in [1.165, 1.54) is 11.3 Å². The number of nitrogens with one attached hydrogen (secondary N) is 2. The Bertz CT molecular complexity index is 760. The molecule has 2 atom stereocenters. The van der Waals surface area contributed by atoms with E-state index in [4.69, 9.17) is 0 Å². The highest BCUT2D eigenvalue weighted by atomic mass is 32.1. The fourth-order valence-electron chi connectivity index (χ4n) is 2.63. The Labute approximate surface area is 162 Å². The first-order valence-corrected chi connectivity index (χ1v) is 9.65. The van der Waals surface area contributed by atoms with Crippen LogP contribution in [0.3, 0.4) is 0 Å². The lowest BCUT2D eigenvalue weighted by Gasteiger charge is -2.22. The predicted molar refractivity (Wildman–Crippen MR) is 105 cm³/mol. The van der Waals surface area contributed by atoms with Crippen molar-refractivity contribution >= 4 is 29.1 Å². The molecule has 144 valence electrons. The van der Waals surface area contributed by atoms with Crippen LogP contribution in [0.2, 0.25) is 0 Å². The number of hydrogen-bond acceptors (Lipinski definition) is 4. The Balaban J connectivity index is 1.96. The number of thiophene rings is 1. The highest BCUT2D eigenvalue weighted by molar-refractivity contribution is 7.12. The van der Waals surface area contributed by atoms with Crippen LogP contribution in [0.4, 0.5) is 0 Å². The number of carbonyl (C=O) groups excluding carboxylic acids is 2. The molecule has 0 aliphatic carbocycles. The molecule has 0 aliphatic heterocycles. The van der Waals surface area contributed by atoms with Gasteiger partial charge in [0.25, 0.3) is 5.91 Å². The van der Waals surface area contributed by atoms with E-state index in [-0.39, 0.29) is 24.3 Å². The summed E-state index contributed by atoms with van der Waals surface area (Å²) in [6, 6.07) is 12.0. The summed E-state index contributed by atoms with van der Waals surface area (Å²) in [5.41, 5.74) is 0.894. The topological polar surface area (TPSA) is 95.5 Å². The maximum Gasteiger partial charge on any atom is 0.308 e. The van der Waals surface area contributed by atoms with Gasteiger partial charge in [-0.1, -0.05) is 50.2 Å². The van der Waals surface area contributed by atoms with Crippen molar-refractivity contribution in [3.8, 4) is 0 Å². The average Bonchev–Trinajstić information content (AvgIpc) is 3.18. The van der Waals surface area contributed by atoms with Crippen LogP contribution in [0.5, 0.6) is 0 Å².